The Bertz CT molecular complexity index is 836. The second-order valence-electron chi connectivity index (χ2n) is 6.13. The molecule has 1 amide bonds. The molecular weight excluding hydrogens is 344 g/mol. The molecule has 0 bridgehead atoms. The summed E-state index contributed by atoms with van der Waals surface area (Å²) < 4.78 is 27.2. The summed E-state index contributed by atoms with van der Waals surface area (Å²) in [5.74, 6) is -1.82. The molecule has 3 rings (SSSR count). The lowest BCUT2D eigenvalue weighted by Gasteiger charge is -2.33. The van der Waals surface area contributed by atoms with Crippen LogP contribution in [0, 0.1) is 27.7 Å². The molecule has 6 nitrogen and oxygen atoms in total. The number of hydrogen-bond acceptors (Lipinski definition) is 4. The highest BCUT2D eigenvalue weighted by atomic mass is 19.1. The molecule has 0 radical (unpaired) electrons. The Labute approximate surface area is 148 Å². The second-order valence-corrected chi connectivity index (χ2v) is 6.13. The third-order valence-electron chi connectivity index (χ3n) is 4.47. The zero-order valence-corrected chi connectivity index (χ0v) is 13.8. The molecule has 26 heavy (non-hydrogen) atoms. The standard InChI is InChI=1S/C18H17F2N3O3/c19-14-3-1-2-4-16(14)22-9-7-12(8-10-22)18(24)21-13-5-6-15(20)17(11-13)23(25)26/h1-6,11-12H,7-10H2,(H,21,24). The molecule has 1 saturated heterocycles. The van der Waals surface area contributed by atoms with Gasteiger partial charge in [0.05, 0.1) is 10.6 Å². The lowest BCUT2D eigenvalue weighted by Crippen LogP contribution is -2.38. The van der Waals surface area contributed by atoms with Crippen molar-refractivity contribution in [3.63, 3.8) is 0 Å². The van der Waals surface area contributed by atoms with Gasteiger partial charge in [0.15, 0.2) is 0 Å². The number of rotatable bonds is 4. The first-order valence-electron chi connectivity index (χ1n) is 8.20. The van der Waals surface area contributed by atoms with Crippen LogP contribution < -0.4 is 10.2 Å². The summed E-state index contributed by atoms with van der Waals surface area (Å²) in [4.78, 5) is 24.2. The van der Waals surface area contributed by atoms with E-state index in [4.69, 9.17) is 0 Å². The van der Waals surface area contributed by atoms with Crippen LogP contribution in [0.15, 0.2) is 42.5 Å². The van der Waals surface area contributed by atoms with Gasteiger partial charge in [-0.2, -0.15) is 4.39 Å². The van der Waals surface area contributed by atoms with Crippen LogP contribution in [0.25, 0.3) is 0 Å². The van der Waals surface area contributed by atoms with Gasteiger partial charge in [0.1, 0.15) is 5.82 Å². The summed E-state index contributed by atoms with van der Waals surface area (Å²) in [6.07, 6.45) is 1.06. The highest BCUT2D eigenvalue weighted by molar-refractivity contribution is 5.93. The summed E-state index contributed by atoms with van der Waals surface area (Å²) in [5.41, 5.74) is 0.0114. The third kappa shape index (κ3) is 3.79. The highest BCUT2D eigenvalue weighted by Crippen LogP contribution is 2.27. The predicted molar refractivity (Wildman–Crippen MR) is 93.0 cm³/mol. The first-order chi connectivity index (χ1) is 12.5. The van der Waals surface area contributed by atoms with Gasteiger partial charge < -0.3 is 10.2 Å². The normalized spacial score (nSPS) is 14.9. The van der Waals surface area contributed by atoms with Crippen LogP contribution in [0.1, 0.15) is 12.8 Å². The molecule has 0 saturated carbocycles. The number of anilines is 2. The van der Waals surface area contributed by atoms with E-state index < -0.39 is 16.4 Å². The number of nitro benzene ring substituents is 1. The number of carbonyl (C=O) groups excluding carboxylic acids is 1. The number of amides is 1. The smallest absolute Gasteiger partial charge is 0.306 e. The summed E-state index contributed by atoms with van der Waals surface area (Å²) >= 11 is 0. The van der Waals surface area contributed by atoms with Crippen LogP contribution >= 0.6 is 0 Å². The fourth-order valence-electron chi connectivity index (χ4n) is 3.07. The van der Waals surface area contributed by atoms with Gasteiger partial charge in [0.25, 0.3) is 0 Å². The quantitative estimate of drug-likeness (QED) is 0.665. The predicted octanol–water partition coefficient (Wildman–Crippen LogP) is 3.73. The zero-order chi connectivity index (χ0) is 18.7. The molecule has 2 aromatic rings. The average molecular weight is 361 g/mol. The SMILES string of the molecule is O=C(Nc1ccc(F)c([N+](=O)[O-])c1)C1CCN(c2ccccc2F)CC1. The summed E-state index contributed by atoms with van der Waals surface area (Å²) in [5, 5.41) is 13.4. The molecule has 0 spiro atoms. The van der Waals surface area contributed by atoms with Crippen molar-refractivity contribution in [3.8, 4) is 0 Å². The van der Waals surface area contributed by atoms with Crippen LogP contribution in [0.3, 0.4) is 0 Å². The topological polar surface area (TPSA) is 75.5 Å². The number of para-hydroxylation sites is 1. The van der Waals surface area contributed by atoms with Crippen LogP contribution in [0.4, 0.5) is 25.8 Å². The molecule has 8 heteroatoms. The molecule has 0 unspecified atom stereocenters. The van der Waals surface area contributed by atoms with Gasteiger partial charge in [-0.15, -0.1) is 0 Å². The van der Waals surface area contributed by atoms with Gasteiger partial charge in [-0.3, -0.25) is 14.9 Å². The molecule has 1 fully saturated rings. The van der Waals surface area contributed by atoms with E-state index in [-0.39, 0.29) is 23.3 Å². The second kappa shape index (κ2) is 7.47. The summed E-state index contributed by atoms with van der Waals surface area (Å²) in [6, 6.07) is 9.73. The van der Waals surface area contributed by atoms with E-state index in [1.165, 1.54) is 12.1 Å². The molecule has 2 aromatic carbocycles. The van der Waals surface area contributed by atoms with Crippen molar-refractivity contribution in [1.29, 1.82) is 0 Å². The van der Waals surface area contributed by atoms with E-state index in [1.807, 2.05) is 4.90 Å². The molecular formula is C18H17F2N3O3. The number of nitro groups is 1. The van der Waals surface area contributed by atoms with Crippen molar-refractivity contribution < 1.29 is 18.5 Å². The van der Waals surface area contributed by atoms with E-state index in [9.17, 15) is 23.7 Å². The van der Waals surface area contributed by atoms with Crippen molar-refractivity contribution in [2.45, 2.75) is 12.8 Å². The van der Waals surface area contributed by atoms with E-state index in [0.29, 0.717) is 31.6 Å². The Morgan fingerprint density at radius 2 is 1.81 bits per heavy atom. The monoisotopic (exact) mass is 361 g/mol. The molecule has 0 aromatic heterocycles. The molecule has 1 aliphatic heterocycles. The zero-order valence-electron chi connectivity index (χ0n) is 13.8. The number of carbonyl (C=O) groups is 1. The fraction of sp³-hybridized carbons (Fsp3) is 0.278. The third-order valence-corrected chi connectivity index (χ3v) is 4.47. The van der Waals surface area contributed by atoms with Crippen molar-refractivity contribution in [2.24, 2.45) is 5.92 Å². The summed E-state index contributed by atoms with van der Waals surface area (Å²) in [7, 11) is 0. The Hall–Kier alpha value is -3.03. The van der Waals surface area contributed by atoms with E-state index in [2.05, 4.69) is 5.32 Å². The maximum absolute atomic E-state index is 13.8. The maximum atomic E-state index is 13.8. The number of hydrogen-bond donors (Lipinski definition) is 1. The van der Waals surface area contributed by atoms with Crippen LogP contribution in [0.2, 0.25) is 0 Å². The molecule has 0 atom stereocenters. The van der Waals surface area contributed by atoms with Crippen LogP contribution in [-0.4, -0.2) is 23.9 Å². The van der Waals surface area contributed by atoms with Gasteiger partial charge in [0.2, 0.25) is 11.7 Å². The lowest BCUT2D eigenvalue weighted by molar-refractivity contribution is -0.387. The van der Waals surface area contributed by atoms with Crippen LogP contribution in [0.5, 0.6) is 0 Å². The molecule has 136 valence electrons. The number of benzene rings is 2. The van der Waals surface area contributed by atoms with Gasteiger partial charge in [-0.25, -0.2) is 4.39 Å². The minimum atomic E-state index is -0.953. The molecule has 1 N–H and O–H groups in total. The minimum Gasteiger partial charge on any atom is -0.369 e. The number of nitrogens with one attached hydrogen (secondary N) is 1. The number of nitrogens with zero attached hydrogens (tertiary/aromatic N) is 2. The molecule has 1 heterocycles. The molecule has 1 aliphatic rings. The Morgan fingerprint density at radius 1 is 1.12 bits per heavy atom. The van der Waals surface area contributed by atoms with Crippen molar-refractivity contribution in [2.75, 3.05) is 23.3 Å². The van der Waals surface area contributed by atoms with E-state index in [0.717, 1.165) is 12.1 Å². The van der Waals surface area contributed by atoms with Crippen LogP contribution in [-0.2, 0) is 4.79 Å². The fourth-order valence-corrected chi connectivity index (χ4v) is 3.07. The maximum Gasteiger partial charge on any atom is 0.306 e. The van der Waals surface area contributed by atoms with Crippen molar-refractivity contribution in [1.82, 2.24) is 0 Å². The number of halogens is 2. The Kier molecular flexibility index (Phi) is 5.11. The highest BCUT2D eigenvalue weighted by Gasteiger charge is 2.26. The number of piperidine rings is 1. The lowest BCUT2D eigenvalue weighted by atomic mass is 9.95. The van der Waals surface area contributed by atoms with Gasteiger partial charge in [-0.05, 0) is 37.1 Å². The average Bonchev–Trinajstić information content (AvgIpc) is 2.63. The van der Waals surface area contributed by atoms with E-state index in [1.54, 1.807) is 18.2 Å². The minimum absolute atomic E-state index is 0.180. The van der Waals surface area contributed by atoms with Gasteiger partial charge in [0, 0.05) is 30.8 Å². The van der Waals surface area contributed by atoms with E-state index >= 15 is 0 Å². The Balaban J connectivity index is 1.61. The van der Waals surface area contributed by atoms with Crippen molar-refractivity contribution in [3.05, 3.63) is 64.2 Å². The Morgan fingerprint density at radius 3 is 2.46 bits per heavy atom. The first-order valence-corrected chi connectivity index (χ1v) is 8.20. The van der Waals surface area contributed by atoms with Gasteiger partial charge >= 0.3 is 5.69 Å². The molecule has 0 aliphatic carbocycles. The van der Waals surface area contributed by atoms with Crippen molar-refractivity contribution >= 4 is 23.0 Å². The summed E-state index contributed by atoms with van der Waals surface area (Å²) in [6.45, 7) is 1.06. The largest absolute Gasteiger partial charge is 0.369 e. The first kappa shape index (κ1) is 17.8. The van der Waals surface area contributed by atoms with Gasteiger partial charge in [-0.1, -0.05) is 12.1 Å².